The standard InChI is InChI=1S/C23H36FN5O3/c1-17(19-6-7-21(20(24)14-19)32-16-18-4-5-18)27-23(26-15-22(30)28(2)3)25-8-9-29-10-12-31-13-11-29/h6-7,14,17-18H,4-5,8-13,15-16H2,1-3H3,(H2,25,26,27). The molecule has 1 aliphatic carbocycles. The number of ether oxygens (including phenoxy) is 2. The summed E-state index contributed by atoms with van der Waals surface area (Å²) in [6.07, 6.45) is 2.33. The van der Waals surface area contributed by atoms with Crippen molar-refractivity contribution in [1.82, 2.24) is 20.4 Å². The number of rotatable bonds is 10. The summed E-state index contributed by atoms with van der Waals surface area (Å²) in [5.74, 6) is 0.938. The number of nitrogens with one attached hydrogen (secondary N) is 2. The molecule has 0 aromatic heterocycles. The van der Waals surface area contributed by atoms with Gasteiger partial charge in [0, 0.05) is 40.3 Å². The van der Waals surface area contributed by atoms with E-state index in [1.807, 2.05) is 13.0 Å². The summed E-state index contributed by atoms with van der Waals surface area (Å²) in [5.41, 5.74) is 0.780. The van der Waals surface area contributed by atoms with Gasteiger partial charge >= 0.3 is 0 Å². The van der Waals surface area contributed by atoms with Crippen molar-refractivity contribution >= 4 is 11.9 Å². The lowest BCUT2D eigenvalue weighted by Gasteiger charge is -2.27. The van der Waals surface area contributed by atoms with Gasteiger partial charge < -0.3 is 25.0 Å². The predicted octanol–water partition coefficient (Wildman–Crippen LogP) is 1.63. The summed E-state index contributed by atoms with van der Waals surface area (Å²) in [4.78, 5) is 20.3. The molecule has 1 atom stereocenters. The van der Waals surface area contributed by atoms with Crippen LogP contribution < -0.4 is 15.4 Å². The Hall–Kier alpha value is -2.39. The number of carbonyl (C=O) groups excluding carboxylic acids is 1. The first-order chi connectivity index (χ1) is 15.4. The van der Waals surface area contributed by atoms with Gasteiger partial charge in [-0.05, 0) is 43.4 Å². The molecule has 178 valence electrons. The molecule has 32 heavy (non-hydrogen) atoms. The maximum Gasteiger partial charge on any atom is 0.243 e. The second-order valence-corrected chi connectivity index (χ2v) is 8.64. The van der Waals surface area contributed by atoms with Crippen molar-refractivity contribution in [2.24, 2.45) is 10.9 Å². The maximum absolute atomic E-state index is 14.5. The molecule has 0 radical (unpaired) electrons. The maximum atomic E-state index is 14.5. The van der Waals surface area contributed by atoms with Crippen LogP contribution in [0.1, 0.15) is 31.4 Å². The SMILES string of the molecule is CC(NC(=NCC(=O)N(C)C)NCCN1CCOCC1)c1ccc(OCC2CC2)c(F)c1. The molecule has 1 saturated heterocycles. The van der Waals surface area contributed by atoms with E-state index >= 15 is 0 Å². The number of likely N-dealkylation sites (N-methyl/N-ethyl adjacent to an activating group) is 1. The zero-order valence-corrected chi connectivity index (χ0v) is 19.4. The van der Waals surface area contributed by atoms with E-state index in [0.29, 0.717) is 30.8 Å². The molecule has 1 amide bonds. The number of morpholine rings is 1. The van der Waals surface area contributed by atoms with E-state index in [9.17, 15) is 9.18 Å². The number of hydrogen-bond donors (Lipinski definition) is 2. The monoisotopic (exact) mass is 449 g/mol. The Bertz CT molecular complexity index is 779. The summed E-state index contributed by atoms with van der Waals surface area (Å²) >= 11 is 0. The molecule has 1 aromatic carbocycles. The Kier molecular flexibility index (Phi) is 9.11. The normalized spacial score (nSPS) is 18.2. The molecule has 1 heterocycles. The molecule has 2 aliphatic rings. The smallest absolute Gasteiger partial charge is 0.243 e. The van der Waals surface area contributed by atoms with Crippen LogP contribution in [0.15, 0.2) is 23.2 Å². The van der Waals surface area contributed by atoms with Crippen LogP contribution >= 0.6 is 0 Å². The third-order valence-electron chi connectivity index (χ3n) is 5.68. The average Bonchev–Trinajstić information content (AvgIpc) is 3.61. The lowest BCUT2D eigenvalue weighted by atomic mass is 10.1. The highest BCUT2D eigenvalue weighted by Crippen LogP contribution is 2.30. The van der Waals surface area contributed by atoms with Crippen LogP contribution in [0.5, 0.6) is 5.75 Å². The third-order valence-corrected chi connectivity index (χ3v) is 5.68. The van der Waals surface area contributed by atoms with Gasteiger partial charge in [0.2, 0.25) is 5.91 Å². The van der Waals surface area contributed by atoms with Gasteiger partial charge in [0.1, 0.15) is 6.54 Å². The highest BCUT2D eigenvalue weighted by atomic mass is 19.1. The van der Waals surface area contributed by atoms with E-state index in [0.717, 1.165) is 51.3 Å². The van der Waals surface area contributed by atoms with Gasteiger partial charge in [0.15, 0.2) is 17.5 Å². The molecule has 0 bridgehead atoms. The van der Waals surface area contributed by atoms with Crippen molar-refractivity contribution in [2.45, 2.75) is 25.8 Å². The molecule has 1 unspecified atom stereocenters. The van der Waals surface area contributed by atoms with Gasteiger partial charge in [0.05, 0.1) is 25.9 Å². The number of guanidine groups is 1. The molecule has 1 saturated carbocycles. The van der Waals surface area contributed by atoms with Crippen molar-refractivity contribution in [1.29, 1.82) is 0 Å². The third kappa shape index (κ3) is 7.94. The highest BCUT2D eigenvalue weighted by molar-refractivity contribution is 5.85. The van der Waals surface area contributed by atoms with Gasteiger partial charge in [-0.15, -0.1) is 0 Å². The Morgan fingerprint density at radius 2 is 2.09 bits per heavy atom. The van der Waals surface area contributed by atoms with Crippen LogP contribution in [0, 0.1) is 11.7 Å². The number of aliphatic imine (C=N–C) groups is 1. The first-order valence-electron chi connectivity index (χ1n) is 11.4. The molecule has 2 fully saturated rings. The van der Waals surface area contributed by atoms with Crippen LogP contribution in [0.4, 0.5) is 4.39 Å². The number of nitrogens with zero attached hydrogens (tertiary/aromatic N) is 3. The molecule has 2 N–H and O–H groups in total. The Balaban J connectivity index is 1.57. The quantitative estimate of drug-likeness (QED) is 0.418. The fourth-order valence-corrected chi connectivity index (χ4v) is 3.28. The zero-order chi connectivity index (χ0) is 22.9. The fraction of sp³-hybridized carbons (Fsp3) is 0.652. The topological polar surface area (TPSA) is 78.4 Å². The van der Waals surface area contributed by atoms with E-state index in [1.165, 1.54) is 11.0 Å². The van der Waals surface area contributed by atoms with Crippen LogP contribution in [-0.4, -0.2) is 88.3 Å². The summed E-state index contributed by atoms with van der Waals surface area (Å²) in [5, 5.41) is 6.58. The molecule has 8 nitrogen and oxygen atoms in total. The number of benzene rings is 1. The second kappa shape index (κ2) is 12.0. The van der Waals surface area contributed by atoms with Crippen LogP contribution in [0.25, 0.3) is 0 Å². The van der Waals surface area contributed by atoms with Gasteiger partial charge in [-0.25, -0.2) is 9.38 Å². The van der Waals surface area contributed by atoms with E-state index in [4.69, 9.17) is 9.47 Å². The molecule has 9 heteroatoms. The van der Waals surface area contributed by atoms with E-state index in [1.54, 1.807) is 20.2 Å². The molecule has 0 spiro atoms. The van der Waals surface area contributed by atoms with Crippen molar-refractivity contribution < 1.29 is 18.7 Å². The molecular formula is C23H36FN5O3. The number of halogens is 1. The highest BCUT2D eigenvalue weighted by Gasteiger charge is 2.22. The first-order valence-corrected chi connectivity index (χ1v) is 11.4. The molecule has 1 aliphatic heterocycles. The lowest BCUT2D eigenvalue weighted by Crippen LogP contribution is -2.45. The molecular weight excluding hydrogens is 413 g/mol. The number of hydrogen-bond acceptors (Lipinski definition) is 5. The van der Waals surface area contributed by atoms with E-state index in [2.05, 4.69) is 20.5 Å². The van der Waals surface area contributed by atoms with Gasteiger partial charge in [-0.1, -0.05) is 6.07 Å². The lowest BCUT2D eigenvalue weighted by molar-refractivity contribution is -0.127. The van der Waals surface area contributed by atoms with Crippen molar-refractivity contribution in [3.05, 3.63) is 29.6 Å². The minimum absolute atomic E-state index is 0.0366. The number of amides is 1. The first kappa shape index (κ1) is 24.3. The Morgan fingerprint density at radius 3 is 2.75 bits per heavy atom. The minimum atomic E-state index is -0.363. The van der Waals surface area contributed by atoms with Gasteiger partial charge in [-0.2, -0.15) is 0 Å². The summed E-state index contributed by atoms with van der Waals surface area (Å²) in [7, 11) is 3.41. The largest absolute Gasteiger partial charge is 0.490 e. The fourth-order valence-electron chi connectivity index (χ4n) is 3.28. The Labute approximate surface area is 190 Å². The van der Waals surface area contributed by atoms with Crippen molar-refractivity contribution in [2.75, 3.05) is 66.6 Å². The Morgan fingerprint density at radius 1 is 1.34 bits per heavy atom. The van der Waals surface area contributed by atoms with Gasteiger partial charge in [-0.3, -0.25) is 9.69 Å². The summed E-state index contributed by atoms with van der Waals surface area (Å²) in [6.45, 7) is 7.39. The van der Waals surface area contributed by atoms with E-state index < -0.39 is 0 Å². The number of carbonyl (C=O) groups is 1. The zero-order valence-electron chi connectivity index (χ0n) is 19.4. The minimum Gasteiger partial charge on any atom is -0.490 e. The van der Waals surface area contributed by atoms with E-state index in [-0.39, 0.29) is 24.3 Å². The van der Waals surface area contributed by atoms with Crippen molar-refractivity contribution in [3.63, 3.8) is 0 Å². The van der Waals surface area contributed by atoms with Crippen molar-refractivity contribution in [3.8, 4) is 5.75 Å². The van der Waals surface area contributed by atoms with Gasteiger partial charge in [0.25, 0.3) is 0 Å². The summed E-state index contributed by atoms with van der Waals surface area (Å²) in [6, 6.07) is 4.84. The average molecular weight is 450 g/mol. The van der Waals surface area contributed by atoms with Crippen LogP contribution in [0.2, 0.25) is 0 Å². The predicted molar refractivity (Wildman–Crippen MR) is 122 cm³/mol. The summed E-state index contributed by atoms with van der Waals surface area (Å²) < 4.78 is 25.5. The second-order valence-electron chi connectivity index (χ2n) is 8.64. The van der Waals surface area contributed by atoms with Crippen LogP contribution in [-0.2, 0) is 9.53 Å². The molecule has 1 aromatic rings. The van der Waals surface area contributed by atoms with Crippen LogP contribution in [0.3, 0.4) is 0 Å². The molecule has 3 rings (SSSR count).